The molecule has 0 bridgehead atoms. The Morgan fingerprint density at radius 2 is 2.00 bits per heavy atom. The third-order valence-corrected chi connectivity index (χ3v) is 2.77. The first kappa shape index (κ1) is 8.79. The molecule has 11 heavy (non-hydrogen) atoms. The van der Waals surface area contributed by atoms with E-state index in [2.05, 4.69) is 25.9 Å². The average molecular weight is 153 g/mol. The zero-order chi connectivity index (χ0) is 8.27. The van der Waals surface area contributed by atoms with Crippen LogP contribution in [0, 0.1) is 5.92 Å². The average Bonchev–Trinajstić information content (AvgIpc) is 2.04. The molecule has 1 aliphatic rings. The largest absolute Gasteiger partial charge is 0.316 e. The molecule has 1 rings (SSSR count). The highest BCUT2D eigenvalue weighted by Crippen LogP contribution is 2.28. The van der Waals surface area contributed by atoms with E-state index in [1.165, 1.54) is 31.3 Å². The smallest absolute Gasteiger partial charge is 0.0129 e. The minimum Gasteiger partial charge on any atom is -0.316 e. The molecule has 1 heteroatoms. The summed E-state index contributed by atoms with van der Waals surface area (Å²) in [4.78, 5) is 0. The van der Waals surface area contributed by atoms with Crippen molar-refractivity contribution in [3.8, 4) is 0 Å². The molecule has 0 heterocycles. The summed E-state index contributed by atoms with van der Waals surface area (Å²) in [5, 5.41) is 3.37. The maximum absolute atomic E-state index is 4.04. The Balaban J connectivity index is 2.51. The highest BCUT2D eigenvalue weighted by Gasteiger charge is 2.23. The molecular formula is C10H19N. The van der Waals surface area contributed by atoms with E-state index in [0.717, 1.165) is 5.92 Å². The lowest BCUT2D eigenvalue weighted by Gasteiger charge is -2.31. The molecule has 0 aromatic rings. The number of hydrogen-bond donors (Lipinski definition) is 1. The second kappa shape index (κ2) is 3.91. The summed E-state index contributed by atoms with van der Waals surface area (Å²) in [6, 6.07) is 0.696. The van der Waals surface area contributed by atoms with Gasteiger partial charge in [-0.05, 0) is 32.7 Å². The first-order valence-corrected chi connectivity index (χ1v) is 4.58. The zero-order valence-corrected chi connectivity index (χ0v) is 7.69. The predicted molar refractivity (Wildman–Crippen MR) is 49.6 cm³/mol. The van der Waals surface area contributed by atoms with Crippen LogP contribution in [-0.2, 0) is 0 Å². The molecule has 0 spiro atoms. The molecule has 0 amide bonds. The third kappa shape index (κ3) is 2.06. The van der Waals surface area contributed by atoms with E-state index in [0.29, 0.717) is 6.04 Å². The molecule has 0 aromatic carbocycles. The summed E-state index contributed by atoms with van der Waals surface area (Å²) >= 11 is 0. The first-order valence-electron chi connectivity index (χ1n) is 4.58. The van der Waals surface area contributed by atoms with Gasteiger partial charge in [-0.1, -0.05) is 25.0 Å². The maximum Gasteiger partial charge on any atom is 0.0129 e. The lowest BCUT2D eigenvalue weighted by atomic mass is 9.81. The molecule has 0 aromatic heterocycles. The Kier molecular flexibility index (Phi) is 3.13. The third-order valence-electron chi connectivity index (χ3n) is 2.77. The van der Waals surface area contributed by atoms with Crippen LogP contribution < -0.4 is 5.32 Å². The minimum absolute atomic E-state index is 0.696. The zero-order valence-electron chi connectivity index (χ0n) is 7.69. The van der Waals surface area contributed by atoms with E-state index >= 15 is 0 Å². The van der Waals surface area contributed by atoms with Gasteiger partial charge in [-0.3, -0.25) is 0 Å². The Labute approximate surface area is 69.9 Å². The van der Waals surface area contributed by atoms with Crippen LogP contribution in [0.1, 0.15) is 32.6 Å². The second-order valence-corrected chi connectivity index (χ2v) is 3.63. The highest BCUT2D eigenvalue weighted by atomic mass is 14.9. The summed E-state index contributed by atoms with van der Waals surface area (Å²) in [7, 11) is 2.06. The Morgan fingerprint density at radius 1 is 1.36 bits per heavy atom. The number of hydrogen-bond acceptors (Lipinski definition) is 1. The second-order valence-electron chi connectivity index (χ2n) is 3.63. The molecule has 0 saturated heterocycles. The van der Waals surface area contributed by atoms with Gasteiger partial charge in [0.15, 0.2) is 0 Å². The van der Waals surface area contributed by atoms with Gasteiger partial charge < -0.3 is 5.32 Å². The van der Waals surface area contributed by atoms with E-state index in [4.69, 9.17) is 0 Å². The van der Waals surface area contributed by atoms with E-state index in [9.17, 15) is 0 Å². The lowest BCUT2D eigenvalue weighted by Crippen LogP contribution is -2.36. The molecule has 0 unspecified atom stereocenters. The lowest BCUT2D eigenvalue weighted by molar-refractivity contribution is 0.310. The van der Waals surface area contributed by atoms with Crippen molar-refractivity contribution >= 4 is 0 Å². The van der Waals surface area contributed by atoms with Crippen LogP contribution in [0.25, 0.3) is 0 Å². The topological polar surface area (TPSA) is 12.0 Å². The van der Waals surface area contributed by atoms with Crippen molar-refractivity contribution in [1.29, 1.82) is 0 Å². The van der Waals surface area contributed by atoms with Crippen molar-refractivity contribution in [3.63, 3.8) is 0 Å². The van der Waals surface area contributed by atoms with E-state index in [-0.39, 0.29) is 0 Å². The Morgan fingerprint density at radius 3 is 2.45 bits per heavy atom. The Hall–Kier alpha value is -0.300. The summed E-state index contributed by atoms with van der Waals surface area (Å²) < 4.78 is 0. The van der Waals surface area contributed by atoms with Crippen LogP contribution in [-0.4, -0.2) is 13.1 Å². The fourth-order valence-electron chi connectivity index (χ4n) is 2.07. The molecule has 64 valence electrons. The summed E-state index contributed by atoms with van der Waals surface area (Å²) in [5.74, 6) is 0.730. The van der Waals surface area contributed by atoms with Gasteiger partial charge in [0, 0.05) is 6.04 Å². The first-order chi connectivity index (χ1) is 5.25. The fourth-order valence-corrected chi connectivity index (χ4v) is 2.07. The van der Waals surface area contributed by atoms with Crippen molar-refractivity contribution in [2.24, 2.45) is 5.92 Å². The van der Waals surface area contributed by atoms with Gasteiger partial charge in [-0.15, -0.1) is 0 Å². The monoisotopic (exact) mass is 153 g/mol. The molecule has 1 nitrogen and oxygen atoms in total. The molecule has 2 atom stereocenters. The van der Waals surface area contributed by atoms with Gasteiger partial charge >= 0.3 is 0 Å². The fraction of sp³-hybridized carbons (Fsp3) is 0.800. The number of rotatable bonds is 2. The molecule has 0 radical (unpaired) electrons. The quantitative estimate of drug-likeness (QED) is 0.600. The van der Waals surface area contributed by atoms with Crippen molar-refractivity contribution in [3.05, 3.63) is 12.2 Å². The van der Waals surface area contributed by atoms with Crippen molar-refractivity contribution < 1.29 is 0 Å². The summed E-state index contributed by atoms with van der Waals surface area (Å²) in [6.45, 7) is 6.19. The van der Waals surface area contributed by atoms with E-state index in [1.807, 2.05) is 0 Å². The molecule has 1 N–H and O–H groups in total. The van der Waals surface area contributed by atoms with E-state index < -0.39 is 0 Å². The predicted octanol–water partition coefficient (Wildman–Crippen LogP) is 2.34. The van der Waals surface area contributed by atoms with Crippen molar-refractivity contribution in [2.75, 3.05) is 7.05 Å². The van der Waals surface area contributed by atoms with Gasteiger partial charge in [0.05, 0.1) is 0 Å². The maximum atomic E-state index is 4.04. The van der Waals surface area contributed by atoms with Crippen LogP contribution in [0.4, 0.5) is 0 Å². The van der Waals surface area contributed by atoms with Crippen molar-refractivity contribution in [1.82, 2.24) is 5.32 Å². The minimum atomic E-state index is 0.696. The molecular weight excluding hydrogens is 134 g/mol. The van der Waals surface area contributed by atoms with Gasteiger partial charge in [-0.2, -0.15) is 0 Å². The standard InChI is InChI=1S/C10H19N/c1-8(2)9-6-4-5-7-10(9)11-3/h9-11H,1,4-7H2,2-3H3/t9-,10+/m0/s1. The molecule has 0 aliphatic heterocycles. The molecule has 1 fully saturated rings. The summed E-state index contributed by atoms with van der Waals surface area (Å²) in [6.07, 6.45) is 5.43. The normalized spacial score (nSPS) is 31.8. The van der Waals surface area contributed by atoms with Gasteiger partial charge in [0.25, 0.3) is 0 Å². The summed E-state index contributed by atoms with van der Waals surface area (Å²) in [5.41, 5.74) is 1.35. The SMILES string of the molecule is C=C(C)[C@@H]1CCCC[C@H]1NC. The van der Waals surface area contributed by atoms with Gasteiger partial charge in [0.2, 0.25) is 0 Å². The number of nitrogens with one attached hydrogen (secondary N) is 1. The molecule has 1 saturated carbocycles. The van der Waals surface area contributed by atoms with Gasteiger partial charge in [0.1, 0.15) is 0 Å². The Bertz CT molecular complexity index is 140. The van der Waals surface area contributed by atoms with Crippen molar-refractivity contribution in [2.45, 2.75) is 38.6 Å². The van der Waals surface area contributed by atoms with Crippen LogP contribution in [0.3, 0.4) is 0 Å². The molecule has 1 aliphatic carbocycles. The van der Waals surface area contributed by atoms with Crippen LogP contribution in [0.15, 0.2) is 12.2 Å². The van der Waals surface area contributed by atoms with Crippen LogP contribution >= 0.6 is 0 Å². The van der Waals surface area contributed by atoms with Gasteiger partial charge in [-0.25, -0.2) is 0 Å². The highest BCUT2D eigenvalue weighted by molar-refractivity contribution is 5.02. The van der Waals surface area contributed by atoms with E-state index in [1.54, 1.807) is 0 Å². The van der Waals surface area contributed by atoms with Crippen LogP contribution in [0.2, 0.25) is 0 Å². The van der Waals surface area contributed by atoms with Crippen LogP contribution in [0.5, 0.6) is 0 Å².